The topological polar surface area (TPSA) is 77.6 Å². The van der Waals surface area contributed by atoms with Gasteiger partial charge in [-0.3, -0.25) is 4.98 Å². The van der Waals surface area contributed by atoms with E-state index in [2.05, 4.69) is 15.6 Å². The summed E-state index contributed by atoms with van der Waals surface area (Å²) in [5.74, 6) is 2.76. The predicted molar refractivity (Wildman–Crippen MR) is 139 cm³/mol. The highest BCUT2D eigenvalue weighted by Crippen LogP contribution is 2.61. The third-order valence-corrected chi connectivity index (χ3v) is 8.61. The molecule has 1 aromatic heterocycles. The number of rotatable bonds is 12. The van der Waals surface area contributed by atoms with E-state index in [4.69, 9.17) is 0 Å². The zero-order valence-electron chi connectivity index (χ0n) is 21.8. The van der Waals surface area contributed by atoms with Crippen molar-refractivity contribution in [1.29, 1.82) is 0 Å². The van der Waals surface area contributed by atoms with Gasteiger partial charge >= 0.3 is 12.1 Å². The molecule has 4 fully saturated rings. The second kappa shape index (κ2) is 12.1. The molecule has 35 heavy (non-hydrogen) atoms. The van der Waals surface area contributed by atoms with E-state index in [-0.39, 0.29) is 12.1 Å². The number of carbonyl (C=O) groups excluding carboxylic acids is 2. The van der Waals surface area contributed by atoms with Gasteiger partial charge in [0.1, 0.15) is 0 Å². The molecule has 1 heterocycles. The van der Waals surface area contributed by atoms with Gasteiger partial charge in [-0.25, -0.2) is 9.59 Å². The van der Waals surface area contributed by atoms with Crippen LogP contribution < -0.4 is 10.6 Å². The lowest BCUT2D eigenvalue weighted by molar-refractivity contribution is -0.0596. The monoisotopic (exact) mass is 483 g/mol. The molecule has 0 spiro atoms. The van der Waals surface area contributed by atoms with Crippen LogP contribution >= 0.6 is 0 Å². The summed E-state index contributed by atoms with van der Waals surface area (Å²) in [6.07, 6.45) is 15.9. The average molecular weight is 484 g/mol. The third-order valence-electron chi connectivity index (χ3n) is 8.61. The van der Waals surface area contributed by atoms with Crippen molar-refractivity contribution >= 4 is 12.1 Å². The summed E-state index contributed by atoms with van der Waals surface area (Å²) in [6, 6.07) is 4.00. The molecule has 0 aliphatic heterocycles. The molecule has 4 aliphatic carbocycles. The van der Waals surface area contributed by atoms with E-state index in [1.165, 1.54) is 44.1 Å². The fourth-order valence-corrected chi connectivity index (χ4v) is 7.17. The van der Waals surface area contributed by atoms with E-state index in [1.54, 1.807) is 4.90 Å². The van der Waals surface area contributed by atoms with Gasteiger partial charge in [0.25, 0.3) is 0 Å². The number of pyridine rings is 1. The quantitative estimate of drug-likeness (QED) is 0.424. The van der Waals surface area contributed by atoms with Crippen LogP contribution in [0.15, 0.2) is 24.5 Å². The Hall–Kier alpha value is -2.31. The van der Waals surface area contributed by atoms with Gasteiger partial charge < -0.3 is 20.4 Å². The van der Waals surface area contributed by atoms with Crippen molar-refractivity contribution < 1.29 is 9.59 Å². The van der Waals surface area contributed by atoms with Gasteiger partial charge in [-0.1, -0.05) is 6.92 Å². The third kappa shape index (κ3) is 7.11. The smallest absolute Gasteiger partial charge is 0.317 e. The van der Waals surface area contributed by atoms with E-state index in [9.17, 15) is 9.59 Å². The Kier molecular flexibility index (Phi) is 8.90. The van der Waals surface area contributed by atoms with Crippen molar-refractivity contribution in [3.05, 3.63) is 30.1 Å². The molecule has 4 aliphatic rings. The fraction of sp³-hybridized carbons (Fsp3) is 0.750. The van der Waals surface area contributed by atoms with E-state index >= 15 is 0 Å². The summed E-state index contributed by atoms with van der Waals surface area (Å²) in [7, 11) is 1.81. The maximum absolute atomic E-state index is 13.2. The summed E-state index contributed by atoms with van der Waals surface area (Å²) in [4.78, 5) is 33.3. The maximum Gasteiger partial charge on any atom is 0.317 e. The first kappa shape index (κ1) is 25.8. The van der Waals surface area contributed by atoms with Crippen molar-refractivity contribution in [2.24, 2.45) is 23.2 Å². The van der Waals surface area contributed by atoms with Crippen LogP contribution in [0.4, 0.5) is 9.59 Å². The molecule has 1 aromatic rings. The normalized spacial score (nSPS) is 26.4. The molecule has 0 saturated heterocycles. The van der Waals surface area contributed by atoms with Gasteiger partial charge in [0.15, 0.2) is 0 Å². The zero-order chi connectivity index (χ0) is 24.7. The van der Waals surface area contributed by atoms with Crippen LogP contribution in [-0.4, -0.2) is 66.6 Å². The van der Waals surface area contributed by atoms with Crippen LogP contribution in [0.25, 0.3) is 0 Å². The second-order valence-electron chi connectivity index (χ2n) is 11.5. The van der Waals surface area contributed by atoms with E-state index in [0.717, 1.165) is 50.0 Å². The summed E-state index contributed by atoms with van der Waals surface area (Å²) in [6.45, 7) is 5.27. The van der Waals surface area contributed by atoms with Crippen molar-refractivity contribution in [3.63, 3.8) is 0 Å². The van der Waals surface area contributed by atoms with Gasteiger partial charge in [0.2, 0.25) is 0 Å². The van der Waals surface area contributed by atoms with E-state index < -0.39 is 0 Å². The minimum absolute atomic E-state index is 0.00632. The molecule has 4 bridgehead atoms. The van der Waals surface area contributed by atoms with Crippen molar-refractivity contribution in [2.75, 3.05) is 39.8 Å². The Labute approximate surface area is 211 Å². The van der Waals surface area contributed by atoms with Gasteiger partial charge in [0.05, 0.1) is 0 Å². The standard InChI is InChI=1S/C28H45N5O2/c1-3-9-30-26(34)32(2)14-15-33(27(35)31-10-4-5-22-6-11-29-12-7-22)13-8-28-19-23-16-24(20-28)18-25(17-23)21-28/h6-7,11-12,23-25H,3-5,8-10,13-21H2,1-2H3,(H,30,34)(H,31,35). The van der Waals surface area contributed by atoms with E-state index in [1.807, 2.05) is 43.4 Å². The van der Waals surface area contributed by atoms with Crippen LogP contribution in [0.5, 0.6) is 0 Å². The number of nitrogens with zero attached hydrogens (tertiary/aromatic N) is 3. The molecule has 7 nitrogen and oxygen atoms in total. The molecular formula is C28H45N5O2. The summed E-state index contributed by atoms with van der Waals surface area (Å²) in [5, 5.41) is 6.08. The van der Waals surface area contributed by atoms with Crippen LogP contribution in [-0.2, 0) is 6.42 Å². The Morgan fingerprint density at radius 1 is 0.943 bits per heavy atom. The van der Waals surface area contributed by atoms with Gasteiger partial charge in [-0.05, 0) is 105 Å². The lowest BCUT2D eigenvalue weighted by Gasteiger charge is -2.57. The molecule has 0 atom stereocenters. The first-order valence-electron chi connectivity index (χ1n) is 13.9. The molecule has 0 aromatic carbocycles. The Morgan fingerprint density at radius 3 is 2.20 bits per heavy atom. The highest BCUT2D eigenvalue weighted by molar-refractivity contribution is 5.75. The predicted octanol–water partition coefficient (Wildman–Crippen LogP) is 4.68. The van der Waals surface area contributed by atoms with Crippen molar-refractivity contribution in [2.45, 2.75) is 71.1 Å². The van der Waals surface area contributed by atoms with Crippen LogP contribution in [0.1, 0.15) is 70.3 Å². The number of aryl methyl sites for hydroxylation is 1. The number of nitrogens with one attached hydrogen (secondary N) is 2. The number of hydrogen-bond acceptors (Lipinski definition) is 3. The minimum atomic E-state index is -0.0642. The first-order chi connectivity index (χ1) is 17.0. The highest BCUT2D eigenvalue weighted by atomic mass is 16.2. The number of aromatic nitrogens is 1. The molecule has 194 valence electrons. The number of urea groups is 2. The SMILES string of the molecule is CCCNC(=O)N(C)CCN(CCC12CC3CC(CC(C3)C1)C2)C(=O)NCCCc1ccncc1. The van der Waals surface area contributed by atoms with Crippen molar-refractivity contribution in [3.8, 4) is 0 Å². The minimum Gasteiger partial charge on any atom is -0.338 e. The Bertz CT molecular complexity index is 795. The van der Waals surface area contributed by atoms with Gasteiger partial charge in [-0.2, -0.15) is 0 Å². The molecule has 4 amide bonds. The van der Waals surface area contributed by atoms with E-state index in [0.29, 0.717) is 31.6 Å². The summed E-state index contributed by atoms with van der Waals surface area (Å²) >= 11 is 0. The molecule has 0 radical (unpaired) electrons. The van der Waals surface area contributed by atoms with Gasteiger partial charge in [-0.15, -0.1) is 0 Å². The van der Waals surface area contributed by atoms with Crippen molar-refractivity contribution in [1.82, 2.24) is 25.4 Å². The number of hydrogen-bond donors (Lipinski definition) is 2. The Balaban J connectivity index is 1.29. The fourth-order valence-electron chi connectivity index (χ4n) is 7.17. The highest BCUT2D eigenvalue weighted by Gasteiger charge is 2.50. The largest absolute Gasteiger partial charge is 0.338 e. The average Bonchev–Trinajstić information content (AvgIpc) is 2.84. The zero-order valence-corrected chi connectivity index (χ0v) is 21.8. The summed E-state index contributed by atoms with van der Waals surface area (Å²) in [5.41, 5.74) is 1.69. The first-order valence-corrected chi connectivity index (χ1v) is 13.9. The molecule has 4 saturated carbocycles. The molecule has 0 unspecified atom stereocenters. The van der Waals surface area contributed by atoms with Crippen LogP contribution in [0, 0.1) is 23.2 Å². The molecule has 5 rings (SSSR count). The number of carbonyl (C=O) groups is 2. The molecule has 2 N–H and O–H groups in total. The number of amides is 4. The lowest BCUT2D eigenvalue weighted by Crippen LogP contribution is -2.50. The van der Waals surface area contributed by atoms with Gasteiger partial charge in [0, 0.05) is 52.2 Å². The molecular weight excluding hydrogens is 438 g/mol. The Morgan fingerprint density at radius 2 is 1.57 bits per heavy atom. The summed E-state index contributed by atoms with van der Waals surface area (Å²) < 4.78 is 0. The lowest BCUT2D eigenvalue weighted by atomic mass is 9.49. The number of likely N-dealkylation sites (N-methyl/N-ethyl adjacent to an activating group) is 1. The van der Waals surface area contributed by atoms with Crippen LogP contribution in [0.3, 0.4) is 0 Å². The van der Waals surface area contributed by atoms with Crippen LogP contribution in [0.2, 0.25) is 0 Å². The second-order valence-corrected chi connectivity index (χ2v) is 11.5. The molecule has 7 heteroatoms. The maximum atomic E-state index is 13.2.